The van der Waals surface area contributed by atoms with Gasteiger partial charge in [-0.05, 0) is 44.4 Å². The first-order chi connectivity index (χ1) is 8.80. The van der Waals surface area contributed by atoms with E-state index in [1.54, 1.807) is 6.07 Å². The highest BCUT2D eigenvalue weighted by atomic mass is 15.2. The van der Waals surface area contributed by atoms with Gasteiger partial charge in [0.2, 0.25) is 0 Å². The molecule has 0 bridgehead atoms. The summed E-state index contributed by atoms with van der Waals surface area (Å²) in [7, 11) is 0. The van der Waals surface area contributed by atoms with Crippen molar-refractivity contribution in [2.45, 2.75) is 32.2 Å². The van der Waals surface area contributed by atoms with Gasteiger partial charge in [-0.1, -0.05) is 12.5 Å². The van der Waals surface area contributed by atoms with Gasteiger partial charge in [0.1, 0.15) is 17.6 Å². The zero-order valence-electron chi connectivity index (χ0n) is 10.8. The molecule has 2 N–H and O–H groups in total. The molecule has 1 heterocycles. The summed E-state index contributed by atoms with van der Waals surface area (Å²) in [5.41, 5.74) is 6.33. The van der Waals surface area contributed by atoms with Gasteiger partial charge >= 0.3 is 0 Å². The number of pyridine rings is 1. The standard InChI is InChI=1S/C14H20N4/c1-2-18(13-7-3-5-11(13)9-15)14-8-4-6-12(10-16)17-14/h4,6,8,11,13H,2-3,5,7,9,15H2,1H3. The van der Waals surface area contributed by atoms with Gasteiger partial charge in [-0.25, -0.2) is 4.98 Å². The van der Waals surface area contributed by atoms with Crippen LogP contribution in [0.4, 0.5) is 5.82 Å². The monoisotopic (exact) mass is 244 g/mol. The van der Waals surface area contributed by atoms with Crippen LogP contribution in [0.2, 0.25) is 0 Å². The third-order valence-electron chi connectivity index (χ3n) is 3.81. The molecule has 1 saturated carbocycles. The first kappa shape index (κ1) is 12.8. The minimum atomic E-state index is 0.474. The summed E-state index contributed by atoms with van der Waals surface area (Å²) in [5, 5.41) is 8.93. The average molecular weight is 244 g/mol. The Hall–Kier alpha value is -1.60. The number of hydrogen-bond acceptors (Lipinski definition) is 4. The fraction of sp³-hybridized carbons (Fsp3) is 0.571. The Morgan fingerprint density at radius 2 is 2.33 bits per heavy atom. The Bertz CT molecular complexity index is 438. The van der Waals surface area contributed by atoms with Crippen molar-refractivity contribution in [2.24, 2.45) is 11.7 Å². The second kappa shape index (κ2) is 5.83. The van der Waals surface area contributed by atoms with Gasteiger partial charge in [0.25, 0.3) is 0 Å². The maximum atomic E-state index is 8.93. The molecule has 96 valence electrons. The molecule has 1 aliphatic rings. The van der Waals surface area contributed by atoms with Crippen LogP contribution in [-0.4, -0.2) is 24.1 Å². The van der Waals surface area contributed by atoms with E-state index in [1.165, 1.54) is 19.3 Å². The Morgan fingerprint density at radius 3 is 3.00 bits per heavy atom. The number of anilines is 1. The minimum Gasteiger partial charge on any atom is -0.354 e. The average Bonchev–Trinajstić information content (AvgIpc) is 2.88. The van der Waals surface area contributed by atoms with E-state index in [0.29, 0.717) is 17.7 Å². The second-order valence-corrected chi connectivity index (χ2v) is 4.77. The summed E-state index contributed by atoms with van der Waals surface area (Å²) in [6, 6.07) is 8.20. The summed E-state index contributed by atoms with van der Waals surface area (Å²) >= 11 is 0. The molecule has 4 nitrogen and oxygen atoms in total. The summed E-state index contributed by atoms with van der Waals surface area (Å²) < 4.78 is 0. The summed E-state index contributed by atoms with van der Waals surface area (Å²) in [4.78, 5) is 6.70. The van der Waals surface area contributed by atoms with E-state index in [4.69, 9.17) is 11.0 Å². The van der Waals surface area contributed by atoms with Crippen molar-refractivity contribution < 1.29 is 0 Å². The van der Waals surface area contributed by atoms with E-state index in [1.807, 2.05) is 12.1 Å². The summed E-state index contributed by atoms with van der Waals surface area (Å²) in [5.74, 6) is 1.46. The molecule has 18 heavy (non-hydrogen) atoms. The topological polar surface area (TPSA) is 65.9 Å². The smallest absolute Gasteiger partial charge is 0.142 e. The lowest BCUT2D eigenvalue weighted by atomic mass is 10.0. The molecule has 0 aliphatic heterocycles. The highest BCUT2D eigenvalue weighted by molar-refractivity contribution is 5.43. The van der Waals surface area contributed by atoms with Crippen LogP contribution in [0, 0.1) is 17.2 Å². The molecule has 1 aromatic heterocycles. The normalized spacial score (nSPS) is 22.7. The zero-order chi connectivity index (χ0) is 13.0. The number of nitrogens with two attached hydrogens (primary N) is 1. The van der Waals surface area contributed by atoms with Crippen molar-refractivity contribution in [2.75, 3.05) is 18.0 Å². The number of hydrogen-bond donors (Lipinski definition) is 1. The SMILES string of the molecule is CCN(c1cccc(C#N)n1)C1CCCC1CN. The lowest BCUT2D eigenvalue weighted by Crippen LogP contribution is -2.40. The summed E-state index contributed by atoms with van der Waals surface area (Å²) in [6.07, 6.45) is 3.62. The van der Waals surface area contributed by atoms with Gasteiger partial charge < -0.3 is 10.6 Å². The number of aromatic nitrogens is 1. The van der Waals surface area contributed by atoms with Crippen LogP contribution in [0.3, 0.4) is 0 Å². The van der Waals surface area contributed by atoms with Crippen molar-refractivity contribution in [3.63, 3.8) is 0 Å². The van der Waals surface area contributed by atoms with Crippen LogP contribution in [0.25, 0.3) is 0 Å². The molecule has 1 aromatic rings. The van der Waals surface area contributed by atoms with Crippen LogP contribution in [0.5, 0.6) is 0 Å². The first-order valence-electron chi connectivity index (χ1n) is 6.64. The number of rotatable bonds is 4. The van der Waals surface area contributed by atoms with Crippen LogP contribution < -0.4 is 10.6 Å². The highest BCUT2D eigenvalue weighted by Crippen LogP contribution is 2.31. The maximum absolute atomic E-state index is 8.93. The van der Waals surface area contributed by atoms with E-state index in [-0.39, 0.29) is 0 Å². The first-order valence-corrected chi connectivity index (χ1v) is 6.64. The fourth-order valence-corrected chi connectivity index (χ4v) is 2.91. The second-order valence-electron chi connectivity index (χ2n) is 4.77. The molecule has 0 saturated heterocycles. The van der Waals surface area contributed by atoms with Gasteiger partial charge in [0.15, 0.2) is 0 Å². The fourth-order valence-electron chi connectivity index (χ4n) is 2.91. The van der Waals surface area contributed by atoms with Gasteiger partial charge in [-0.2, -0.15) is 5.26 Å². The van der Waals surface area contributed by atoms with E-state index in [0.717, 1.165) is 18.9 Å². The molecular formula is C14H20N4. The number of nitrogens with zero attached hydrogens (tertiary/aromatic N) is 3. The number of nitriles is 1. The predicted octanol–water partition coefficient (Wildman–Crippen LogP) is 1.91. The maximum Gasteiger partial charge on any atom is 0.142 e. The van der Waals surface area contributed by atoms with Gasteiger partial charge in [0, 0.05) is 12.6 Å². The molecule has 2 rings (SSSR count). The van der Waals surface area contributed by atoms with E-state index >= 15 is 0 Å². The van der Waals surface area contributed by atoms with E-state index in [2.05, 4.69) is 22.9 Å². The van der Waals surface area contributed by atoms with E-state index < -0.39 is 0 Å². The predicted molar refractivity (Wildman–Crippen MR) is 72.2 cm³/mol. The van der Waals surface area contributed by atoms with E-state index in [9.17, 15) is 0 Å². The van der Waals surface area contributed by atoms with Crippen molar-refractivity contribution >= 4 is 5.82 Å². The van der Waals surface area contributed by atoms with Crippen LogP contribution in [-0.2, 0) is 0 Å². The van der Waals surface area contributed by atoms with Crippen LogP contribution >= 0.6 is 0 Å². The van der Waals surface area contributed by atoms with Gasteiger partial charge in [-0.15, -0.1) is 0 Å². The molecule has 2 atom stereocenters. The van der Waals surface area contributed by atoms with Gasteiger partial charge in [0.05, 0.1) is 0 Å². The lowest BCUT2D eigenvalue weighted by molar-refractivity contribution is 0.459. The molecule has 4 heteroatoms. The van der Waals surface area contributed by atoms with Gasteiger partial charge in [-0.3, -0.25) is 0 Å². The third kappa shape index (κ3) is 2.46. The molecule has 1 aliphatic carbocycles. The van der Waals surface area contributed by atoms with Crippen molar-refractivity contribution in [3.05, 3.63) is 23.9 Å². The highest BCUT2D eigenvalue weighted by Gasteiger charge is 2.31. The Balaban J connectivity index is 2.24. The lowest BCUT2D eigenvalue weighted by Gasteiger charge is -2.32. The van der Waals surface area contributed by atoms with Crippen molar-refractivity contribution in [1.82, 2.24) is 4.98 Å². The minimum absolute atomic E-state index is 0.474. The summed E-state index contributed by atoms with van der Waals surface area (Å²) in [6.45, 7) is 3.77. The Kier molecular flexibility index (Phi) is 4.16. The Morgan fingerprint density at radius 1 is 1.50 bits per heavy atom. The third-order valence-corrected chi connectivity index (χ3v) is 3.81. The molecule has 0 spiro atoms. The van der Waals surface area contributed by atoms with Crippen molar-refractivity contribution in [1.29, 1.82) is 5.26 Å². The largest absolute Gasteiger partial charge is 0.354 e. The zero-order valence-corrected chi connectivity index (χ0v) is 10.8. The molecule has 1 fully saturated rings. The molecule has 2 unspecified atom stereocenters. The van der Waals surface area contributed by atoms with Crippen LogP contribution in [0.1, 0.15) is 31.9 Å². The molecule has 0 radical (unpaired) electrons. The van der Waals surface area contributed by atoms with Crippen molar-refractivity contribution in [3.8, 4) is 6.07 Å². The van der Waals surface area contributed by atoms with Crippen LogP contribution in [0.15, 0.2) is 18.2 Å². The molecule has 0 aromatic carbocycles. The molecule has 0 amide bonds. The Labute approximate surface area is 108 Å². The molecular weight excluding hydrogens is 224 g/mol. The quantitative estimate of drug-likeness (QED) is 0.878.